The summed E-state index contributed by atoms with van der Waals surface area (Å²) in [5, 5.41) is 0. The van der Waals surface area contributed by atoms with Gasteiger partial charge in [-0.1, -0.05) is 0 Å². The molecule has 1 heterocycles. The van der Waals surface area contributed by atoms with Crippen molar-refractivity contribution in [1.29, 1.82) is 0 Å². The number of nitrogen functional groups attached to an aromatic ring is 1. The molecule has 1 aromatic rings. The average Bonchev–Trinajstić information content (AvgIpc) is 2.98. The molecule has 0 unspecified atom stereocenters. The van der Waals surface area contributed by atoms with Gasteiger partial charge in [-0.15, -0.1) is 0 Å². The van der Waals surface area contributed by atoms with E-state index in [-0.39, 0.29) is 0 Å². The first kappa shape index (κ1) is 8.77. The Balaban J connectivity index is 1.87. The summed E-state index contributed by atoms with van der Waals surface area (Å²) in [6, 6.07) is 8.08. The quantitative estimate of drug-likeness (QED) is 0.742. The van der Waals surface area contributed by atoms with Gasteiger partial charge in [-0.05, 0) is 37.1 Å². The highest BCUT2D eigenvalue weighted by Crippen LogP contribution is 2.35. The molecule has 0 spiro atoms. The van der Waals surface area contributed by atoms with Crippen molar-refractivity contribution < 1.29 is 0 Å². The maximum Gasteiger partial charge on any atom is 0.107 e. The third-order valence-electron chi connectivity index (χ3n) is 3.02. The van der Waals surface area contributed by atoms with Crippen molar-refractivity contribution in [2.24, 2.45) is 10.9 Å². The van der Waals surface area contributed by atoms with Crippen molar-refractivity contribution in [2.45, 2.75) is 12.8 Å². The molecule has 2 aliphatic rings. The fourth-order valence-corrected chi connectivity index (χ4v) is 2.07. The minimum atomic E-state index is 0.727. The molecule has 3 nitrogen and oxygen atoms in total. The molecule has 0 bridgehead atoms. The highest BCUT2D eigenvalue weighted by molar-refractivity contribution is 6.02. The number of rotatable bonds is 2. The molecule has 3 heteroatoms. The van der Waals surface area contributed by atoms with Crippen LogP contribution in [-0.4, -0.2) is 18.9 Å². The Bertz CT molecular complexity index is 390. The van der Waals surface area contributed by atoms with Gasteiger partial charge in [-0.2, -0.15) is 0 Å². The number of benzene rings is 1. The van der Waals surface area contributed by atoms with E-state index < -0.39 is 0 Å². The van der Waals surface area contributed by atoms with Crippen molar-refractivity contribution in [3.8, 4) is 0 Å². The Kier molecular flexibility index (Phi) is 1.91. The summed E-state index contributed by atoms with van der Waals surface area (Å²) < 4.78 is 0. The number of nitrogens with two attached hydrogens (primary N) is 1. The Hall–Kier alpha value is -1.51. The maximum absolute atomic E-state index is 5.68. The molecule has 1 aromatic carbocycles. The summed E-state index contributed by atoms with van der Waals surface area (Å²) >= 11 is 0. The van der Waals surface area contributed by atoms with Crippen molar-refractivity contribution in [1.82, 2.24) is 0 Å². The molecule has 0 amide bonds. The van der Waals surface area contributed by atoms with E-state index >= 15 is 0 Å². The van der Waals surface area contributed by atoms with Crippen molar-refractivity contribution in [3.05, 3.63) is 24.3 Å². The predicted molar refractivity (Wildman–Crippen MR) is 63.2 cm³/mol. The zero-order valence-electron chi connectivity index (χ0n) is 8.69. The van der Waals surface area contributed by atoms with Gasteiger partial charge in [0.25, 0.3) is 0 Å². The van der Waals surface area contributed by atoms with E-state index in [0.29, 0.717) is 0 Å². The molecular formula is C12H15N3. The molecule has 0 aromatic heterocycles. The first-order valence-corrected chi connectivity index (χ1v) is 5.52. The highest BCUT2D eigenvalue weighted by atomic mass is 15.2. The molecule has 3 rings (SSSR count). The molecule has 0 saturated heterocycles. The molecule has 1 aliphatic carbocycles. The van der Waals surface area contributed by atoms with Crippen molar-refractivity contribution >= 4 is 17.2 Å². The summed E-state index contributed by atoms with van der Waals surface area (Å²) in [5.41, 5.74) is 7.73. The van der Waals surface area contributed by atoms with Crippen LogP contribution in [0.1, 0.15) is 12.8 Å². The second kappa shape index (κ2) is 3.26. The van der Waals surface area contributed by atoms with Crippen LogP contribution in [0.3, 0.4) is 0 Å². The lowest BCUT2D eigenvalue weighted by molar-refractivity contribution is 1.01. The first-order valence-electron chi connectivity index (χ1n) is 5.52. The minimum absolute atomic E-state index is 0.727. The van der Waals surface area contributed by atoms with Crippen LogP contribution in [-0.2, 0) is 0 Å². The van der Waals surface area contributed by atoms with E-state index in [1.807, 2.05) is 12.1 Å². The van der Waals surface area contributed by atoms with E-state index in [9.17, 15) is 0 Å². The van der Waals surface area contributed by atoms with Crippen LogP contribution in [0, 0.1) is 5.92 Å². The van der Waals surface area contributed by atoms with E-state index in [1.165, 1.54) is 24.4 Å². The number of hydrogen-bond acceptors (Lipinski definition) is 3. The lowest BCUT2D eigenvalue weighted by Gasteiger charge is -2.20. The fraction of sp³-hybridized carbons (Fsp3) is 0.417. The maximum atomic E-state index is 5.68. The molecule has 1 saturated carbocycles. The van der Waals surface area contributed by atoms with Crippen LogP contribution in [0.15, 0.2) is 29.3 Å². The van der Waals surface area contributed by atoms with Gasteiger partial charge in [-0.3, -0.25) is 4.99 Å². The SMILES string of the molecule is Nc1ccc(N2CCN=C2C2CC2)cc1. The smallest absolute Gasteiger partial charge is 0.107 e. The normalized spacial score (nSPS) is 20.5. The summed E-state index contributed by atoms with van der Waals surface area (Å²) in [6.07, 6.45) is 2.62. The number of hydrogen-bond donors (Lipinski definition) is 1. The monoisotopic (exact) mass is 201 g/mol. The average molecular weight is 201 g/mol. The van der Waals surface area contributed by atoms with E-state index in [4.69, 9.17) is 5.73 Å². The number of amidine groups is 1. The molecule has 0 radical (unpaired) electrons. The first-order chi connectivity index (χ1) is 7.34. The second-order valence-electron chi connectivity index (χ2n) is 4.26. The third kappa shape index (κ3) is 1.58. The van der Waals surface area contributed by atoms with Crippen LogP contribution in [0.2, 0.25) is 0 Å². The zero-order valence-corrected chi connectivity index (χ0v) is 8.69. The topological polar surface area (TPSA) is 41.6 Å². The lowest BCUT2D eigenvalue weighted by atomic mass is 10.2. The van der Waals surface area contributed by atoms with Crippen molar-refractivity contribution in [2.75, 3.05) is 23.7 Å². The zero-order chi connectivity index (χ0) is 10.3. The Labute approximate surface area is 89.6 Å². The van der Waals surface area contributed by atoms with Crippen LogP contribution in [0.25, 0.3) is 0 Å². The summed E-state index contributed by atoms with van der Waals surface area (Å²) in [6.45, 7) is 1.96. The van der Waals surface area contributed by atoms with Crippen LogP contribution >= 0.6 is 0 Å². The van der Waals surface area contributed by atoms with Gasteiger partial charge in [0, 0.05) is 23.8 Å². The molecule has 0 atom stereocenters. The van der Waals surface area contributed by atoms with Gasteiger partial charge < -0.3 is 10.6 Å². The standard InChI is InChI=1S/C12H15N3/c13-10-3-5-11(6-4-10)15-8-7-14-12(15)9-1-2-9/h3-6,9H,1-2,7-8,13H2. The molecule has 1 fully saturated rings. The lowest BCUT2D eigenvalue weighted by Crippen LogP contribution is -2.28. The van der Waals surface area contributed by atoms with Gasteiger partial charge in [0.1, 0.15) is 5.84 Å². The van der Waals surface area contributed by atoms with Gasteiger partial charge in [-0.25, -0.2) is 0 Å². The van der Waals surface area contributed by atoms with Gasteiger partial charge in [0.15, 0.2) is 0 Å². The number of anilines is 2. The van der Waals surface area contributed by atoms with Crippen LogP contribution in [0.5, 0.6) is 0 Å². The highest BCUT2D eigenvalue weighted by Gasteiger charge is 2.33. The largest absolute Gasteiger partial charge is 0.399 e. The fourth-order valence-electron chi connectivity index (χ4n) is 2.07. The van der Waals surface area contributed by atoms with E-state index in [2.05, 4.69) is 22.0 Å². The predicted octanol–water partition coefficient (Wildman–Crippen LogP) is 1.90. The Morgan fingerprint density at radius 1 is 1.20 bits per heavy atom. The van der Waals surface area contributed by atoms with Crippen molar-refractivity contribution in [3.63, 3.8) is 0 Å². The van der Waals surface area contributed by atoms with Crippen LogP contribution < -0.4 is 10.6 Å². The van der Waals surface area contributed by atoms with Crippen LogP contribution in [0.4, 0.5) is 11.4 Å². The molecule has 78 valence electrons. The van der Waals surface area contributed by atoms with Gasteiger partial charge >= 0.3 is 0 Å². The summed E-state index contributed by atoms with van der Waals surface area (Å²) in [4.78, 5) is 6.92. The second-order valence-corrected chi connectivity index (χ2v) is 4.26. The molecular weight excluding hydrogens is 186 g/mol. The molecule has 15 heavy (non-hydrogen) atoms. The minimum Gasteiger partial charge on any atom is -0.399 e. The summed E-state index contributed by atoms with van der Waals surface area (Å²) in [7, 11) is 0. The number of nitrogens with zero attached hydrogens (tertiary/aromatic N) is 2. The number of aliphatic imine (C=N–C) groups is 1. The third-order valence-corrected chi connectivity index (χ3v) is 3.02. The molecule has 1 aliphatic heterocycles. The Morgan fingerprint density at radius 3 is 2.60 bits per heavy atom. The molecule has 2 N–H and O–H groups in total. The van der Waals surface area contributed by atoms with Gasteiger partial charge in [0.05, 0.1) is 6.54 Å². The Morgan fingerprint density at radius 2 is 1.93 bits per heavy atom. The van der Waals surface area contributed by atoms with E-state index in [1.54, 1.807) is 0 Å². The summed E-state index contributed by atoms with van der Waals surface area (Å²) in [5.74, 6) is 2.02. The van der Waals surface area contributed by atoms with Gasteiger partial charge in [0.2, 0.25) is 0 Å². The van der Waals surface area contributed by atoms with E-state index in [0.717, 1.165) is 24.7 Å².